The Morgan fingerprint density at radius 1 is 1.22 bits per heavy atom. The molecule has 0 radical (unpaired) electrons. The Balaban J connectivity index is 1.81. The van der Waals surface area contributed by atoms with E-state index in [1.807, 2.05) is 19.1 Å². The fourth-order valence-corrected chi connectivity index (χ4v) is 4.03. The second kappa shape index (κ2) is 7.12. The summed E-state index contributed by atoms with van der Waals surface area (Å²) in [5, 5.41) is 21.0. The van der Waals surface area contributed by atoms with Crippen LogP contribution in [0, 0.1) is 19.8 Å². The van der Waals surface area contributed by atoms with E-state index in [9.17, 15) is 10.2 Å². The van der Waals surface area contributed by atoms with E-state index in [4.69, 9.17) is 4.74 Å². The Labute approximate surface area is 148 Å². The van der Waals surface area contributed by atoms with Crippen molar-refractivity contribution in [3.8, 4) is 5.75 Å². The van der Waals surface area contributed by atoms with Gasteiger partial charge in [-0.05, 0) is 82.1 Å². The number of aliphatic hydroxyl groups is 2. The van der Waals surface area contributed by atoms with Crippen LogP contribution in [0.3, 0.4) is 0 Å². The van der Waals surface area contributed by atoms with Gasteiger partial charge >= 0.3 is 0 Å². The minimum absolute atomic E-state index is 0.368. The molecular formula is C19H29BrO3. The van der Waals surface area contributed by atoms with E-state index in [0.717, 1.165) is 23.1 Å². The Kier molecular flexibility index (Phi) is 5.81. The summed E-state index contributed by atoms with van der Waals surface area (Å²) >= 11 is 3.56. The number of rotatable bonds is 6. The first-order valence-electron chi connectivity index (χ1n) is 8.53. The van der Waals surface area contributed by atoms with Crippen molar-refractivity contribution in [1.29, 1.82) is 0 Å². The molecule has 1 fully saturated rings. The molecule has 0 aliphatic heterocycles. The second-order valence-corrected chi connectivity index (χ2v) is 8.09. The molecule has 23 heavy (non-hydrogen) atoms. The van der Waals surface area contributed by atoms with Crippen molar-refractivity contribution in [1.82, 2.24) is 0 Å². The lowest BCUT2D eigenvalue weighted by Gasteiger charge is -2.34. The molecule has 1 aliphatic rings. The summed E-state index contributed by atoms with van der Waals surface area (Å²) in [6, 6.07) is 4.10. The van der Waals surface area contributed by atoms with E-state index >= 15 is 0 Å². The fourth-order valence-electron chi connectivity index (χ4n) is 3.80. The zero-order chi connectivity index (χ0) is 17.3. The number of benzene rings is 1. The summed E-state index contributed by atoms with van der Waals surface area (Å²) in [6.45, 7) is 8.51. The van der Waals surface area contributed by atoms with Crippen molar-refractivity contribution in [2.45, 2.75) is 71.0 Å². The van der Waals surface area contributed by atoms with E-state index in [2.05, 4.69) is 29.8 Å². The van der Waals surface area contributed by atoms with E-state index in [-0.39, 0.29) is 0 Å². The zero-order valence-electron chi connectivity index (χ0n) is 14.7. The third-order valence-electron chi connectivity index (χ3n) is 5.34. The monoisotopic (exact) mass is 384 g/mol. The van der Waals surface area contributed by atoms with Gasteiger partial charge in [-0.2, -0.15) is 0 Å². The molecule has 0 aromatic heterocycles. The Hall–Kier alpha value is -0.580. The van der Waals surface area contributed by atoms with Crippen LogP contribution < -0.4 is 4.74 Å². The van der Waals surface area contributed by atoms with Crippen LogP contribution in [0.4, 0.5) is 0 Å². The molecule has 1 aliphatic carbocycles. The molecule has 0 spiro atoms. The van der Waals surface area contributed by atoms with Crippen LogP contribution in [0.1, 0.15) is 57.1 Å². The highest BCUT2D eigenvalue weighted by molar-refractivity contribution is 9.10. The molecule has 1 saturated carbocycles. The van der Waals surface area contributed by atoms with E-state index in [0.29, 0.717) is 31.8 Å². The minimum Gasteiger partial charge on any atom is -0.494 e. The van der Waals surface area contributed by atoms with Gasteiger partial charge in [0.15, 0.2) is 0 Å². The minimum atomic E-state index is -0.965. The highest BCUT2D eigenvalue weighted by atomic mass is 79.9. The molecule has 2 N–H and O–H groups in total. The summed E-state index contributed by atoms with van der Waals surface area (Å²) in [5.41, 5.74) is 0.464. The van der Waals surface area contributed by atoms with Gasteiger partial charge in [0, 0.05) is 4.47 Å². The highest BCUT2D eigenvalue weighted by Crippen LogP contribution is 2.46. The molecule has 3 unspecified atom stereocenters. The predicted octanol–water partition coefficient (Wildman–Crippen LogP) is 4.53. The third-order valence-corrected chi connectivity index (χ3v) is 6.59. The van der Waals surface area contributed by atoms with Crippen LogP contribution in [0.25, 0.3) is 0 Å². The van der Waals surface area contributed by atoms with Gasteiger partial charge in [0.05, 0.1) is 17.8 Å². The number of hydrogen-bond acceptors (Lipinski definition) is 3. The van der Waals surface area contributed by atoms with Gasteiger partial charge in [-0.1, -0.05) is 22.9 Å². The van der Waals surface area contributed by atoms with Gasteiger partial charge in [-0.15, -0.1) is 0 Å². The first-order chi connectivity index (χ1) is 10.7. The average molecular weight is 385 g/mol. The fraction of sp³-hybridized carbons (Fsp3) is 0.684. The molecule has 4 heteroatoms. The summed E-state index contributed by atoms with van der Waals surface area (Å²) < 4.78 is 7.00. The van der Waals surface area contributed by atoms with Crippen molar-refractivity contribution in [2.24, 2.45) is 5.92 Å². The van der Waals surface area contributed by atoms with Crippen LogP contribution in [0.15, 0.2) is 16.6 Å². The number of hydrogen-bond donors (Lipinski definition) is 2. The quantitative estimate of drug-likeness (QED) is 0.708. The van der Waals surface area contributed by atoms with E-state index in [1.165, 1.54) is 11.1 Å². The van der Waals surface area contributed by atoms with Gasteiger partial charge in [0.2, 0.25) is 0 Å². The second-order valence-electron chi connectivity index (χ2n) is 7.30. The third kappa shape index (κ3) is 4.09. The number of halogens is 1. The zero-order valence-corrected chi connectivity index (χ0v) is 16.2. The molecule has 3 atom stereocenters. The molecule has 1 aromatic carbocycles. The standard InChI is InChI=1S/C19H29BrO3/c1-5-19(22)12-15(11-18(19,4)21)7-6-8-23-16-9-13(2)17(20)14(3)10-16/h9-10,15,21-22H,5-8,11-12H2,1-4H3. The van der Waals surface area contributed by atoms with Crippen LogP contribution in [-0.2, 0) is 0 Å². The van der Waals surface area contributed by atoms with Gasteiger partial charge in [-0.25, -0.2) is 0 Å². The van der Waals surface area contributed by atoms with Crippen molar-refractivity contribution >= 4 is 15.9 Å². The molecular weight excluding hydrogens is 356 g/mol. The molecule has 0 amide bonds. The molecule has 1 aromatic rings. The summed E-state index contributed by atoms with van der Waals surface area (Å²) in [6.07, 6.45) is 3.88. The predicted molar refractivity (Wildman–Crippen MR) is 96.9 cm³/mol. The lowest BCUT2D eigenvalue weighted by molar-refractivity contribution is -0.121. The molecule has 0 saturated heterocycles. The molecule has 0 bridgehead atoms. The smallest absolute Gasteiger partial charge is 0.119 e. The lowest BCUT2D eigenvalue weighted by Crippen LogP contribution is -2.46. The largest absolute Gasteiger partial charge is 0.494 e. The first-order valence-corrected chi connectivity index (χ1v) is 9.32. The maximum Gasteiger partial charge on any atom is 0.119 e. The van der Waals surface area contributed by atoms with Gasteiger partial charge < -0.3 is 14.9 Å². The summed E-state index contributed by atoms with van der Waals surface area (Å²) in [4.78, 5) is 0. The number of aryl methyl sites for hydroxylation is 2. The normalized spacial score (nSPS) is 30.7. The topological polar surface area (TPSA) is 49.7 Å². The van der Waals surface area contributed by atoms with Crippen molar-refractivity contribution in [2.75, 3.05) is 6.61 Å². The SMILES string of the molecule is CCC1(O)CC(CCCOc2cc(C)c(Br)c(C)c2)CC1(C)O. The number of ether oxygens (including phenoxy) is 1. The molecule has 2 rings (SSSR count). The van der Waals surface area contributed by atoms with Gasteiger partial charge in [0.25, 0.3) is 0 Å². The molecule has 0 heterocycles. The molecule has 3 nitrogen and oxygen atoms in total. The molecule has 130 valence electrons. The Morgan fingerprint density at radius 2 is 1.83 bits per heavy atom. The Bertz CT molecular complexity index is 533. The maximum absolute atomic E-state index is 10.5. The summed E-state index contributed by atoms with van der Waals surface area (Å²) in [5.74, 6) is 1.28. The van der Waals surface area contributed by atoms with E-state index < -0.39 is 11.2 Å². The average Bonchev–Trinajstić information content (AvgIpc) is 2.71. The van der Waals surface area contributed by atoms with Crippen LogP contribution >= 0.6 is 15.9 Å². The van der Waals surface area contributed by atoms with Crippen molar-refractivity contribution in [3.05, 3.63) is 27.7 Å². The lowest BCUT2D eigenvalue weighted by atomic mass is 9.86. The van der Waals surface area contributed by atoms with Gasteiger partial charge in [-0.3, -0.25) is 0 Å². The van der Waals surface area contributed by atoms with Crippen LogP contribution in [0.2, 0.25) is 0 Å². The van der Waals surface area contributed by atoms with Crippen molar-refractivity contribution < 1.29 is 14.9 Å². The summed E-state index contributed by atoms with van der Waals surface area (Å²) in [7, 11) is 0. The van der Waals surface area contributed by atoms with Crippen LogP contribution in [-0.4, -0.2) is 28.0 Å². The van der Waals surface area contributed by atoms with Gasteiger partial charge in [0.1, 0.15) is 5.75 Å². The highest BCUT2D eigenvalue weighted by Gasteiger charge is 2.52. The van der Waals surface area contributed by atoms with E-state index in [1.54, 1.807) is 6.92 Å². The first kappa shape index (κ1) is 18.8. The van der Waals surface area contributed by atoms with Crippen molar-refractivity contribution in [3.63, 3.8) is 0 Å². The maximum atomic E-state index is 10.5. The van der Waals surface area contributed by atoms with Crippen LogP contribution in [0.5, 0.6) is 5.75 Å². The Morgan fingerprint density at radius 3 is 2.35 bits per heavy atom.